The third-order valence-corrected chi connectivity index (χ3v) is 4.09. The largest absolute Gasteiger partial charge is 0.377 e. The van der Waals surface area contributed by atoms with Gasteiger partial charge in [-0.15, -0.1) is 0 Å². The number of nitrogens with one attached hydrogen (secondary N) is 1. The maximum Gasteiger partial charge on any atom is 0.147 e. The first-order chi connectivity index (χ1) is 10.2. The number of benzene rings is 2. The third kappa shape index (κ3) is 2.58. The Morgan fingerprint density at radius 1 is 1.00 bits per heavy atom. The molecule has 3 rings (SSSR count). The van der Waals surface area contributed by atoms with Crippen molar-refractivity contribution in [3.63, 3.8) is 0 Å². The Hall–Kier alpha value is -1.75. The average Bonchev–Trinajstić information content (AvgIpc) is 2.56. The van der Waals surface area contributed by atoms with E-state index in [0.29, 0.717) is 18.1 Å². The van der Waals surface area contributed by atoms with E-state index >= 15 is 0 Å². The second-order valence-electron chi connectivity index (χ2n) is 5.04. The molecule has 4 heteroatoms. The fourth-order valence-corrected chi connectivity index (χ4v) is 3.02. The molecule has 0 spiro atoms. The van der Waals surface area contributed by atoms with Crippen LogP contribution in [-0.4, -0.2) is 29.4 Å². The molecule has 2 aromatic carbocycles. The highest BCUT2D eigenvalue weighted by Crippen LogP contribution is 2.35. The van der Waals surface area contributed by atoms with Crippen LogP contribution in [0.25, 0.3) is 0 Å². The second kappa shape index (κ2) is 5.93. The number of morpholine rings is 1. The van der Waals surface area contributed by atoms with E-state index < -0.39 is 11.7 Å². The van der Waals surface area contributed by atoms with Crippen molar-refractivity contribution in [3.8, 4) is 0 Å². The summed E-state index contributed by atoms with van der Waals surface area (Å²) in [6, 6.07) is 19.1. The lowest BCUT2D eigenvalue weighted by Gasteiger charge is -2.39. The standard InChI is InChI=1S/C17H17NO2S/c19-17(13-7-3-1-4-8-13,14-9-5-2-6-10-14)15-16(21)18-11-12-20-15/h1-10,15,19H,11-12H2,(H,18,21). The fourth-order valence-electron chi connectivity index (χ4n) is 2.68. The summed E-state index contributed by atoms with van der Waals surface area (Å²) in [5.74, 6) is 0. The fraction of sp³-hybridized carbons (Fsp3) is 0.235. The number of ether oxygens (including phenoxy) is 1. The molecular formula is C17H17NO2S. The highest BCUT2D eigenvalue weighted by Gasteiger charge is 2.44. The van der Waals surface area contributed by atoms with E-state index in [1.807, 2.05) is 60.7 Å². The van der Waals surface area contributed by atoms with E-state index in [0.717, 1.165) is 11.1 Å². The lowest BCUT2D eigenvalue weighted by Crippen LogP contribution is -2.55. The minimum atomic E-state index is -1.30. The smallest absolute Gasteiger partial charge is 0.147 e. The third-order valence-electron chi connectivity index (χ3n) is 3.73. The van der Waals surface area contributed by atoms with Crippen molar-refractivity contribution >= 4 is 17.2 Å². The maximum absolute atomic E-state index is 11.5. The zero-order valence-electron chi connectivity index (χ0n) is 11.5. The van der Waals surface area contributed by atoms with Crippen LogP contribution in [0.15, 0.2) is 60.7 Å². The molecule has 0 aliphatic carbocycles. The van der Waals surface area contributed by atoms with Gasteiger partial charge >= 0.3 is 0 Å². The van der Waals surface area contributed by atoms with Gasteiger partial charge in [-0.05, 0) is 11.1 Å². The Bertz CT molecular complexity index is 576. The molecule has 2 aromatic rings. The molecule has 21 heavy (non-hydrogen) atoms. The summed E-state index contributed by atoms with van der Waals surface area (Å²) in [5, 5.41) is 14.6. The van der Waals surface area contributed by atoms with Crippen molar-refractivity contribution in [2.45, 2.75) is 11.7 Å². The molecule has 1 heterocycles. The van der Waals surface area contributed by atoms with Crippen molar-refractivity contribution in [3.05, 3.63) is 71.8 Å². The van der Waals surface area contributed by atoms with Gasteiger partial charge in [0, 0.05) is 6.54 Å². The first-order valence-electron chi connectivity index (χ1n) is 6.95. The lowest BCUT2D eigenvalue weighted by molar-refractivity contribution is -0.0608. The molecule has 1 unspecified atom stereocenters. The van der Waals surface area contributed by atoms with E-state index in [9.17, 15) is 5.11 Å². The topological polar surface area (TPSA) is 41.5 Å². The SMILES string of the molecule is OC(c1ccccc1)(c1ccccc1)C1OCCNC1=S. The molecule has 1 aliphatic rings. The van der Waals surface area contributed by atoms with Crippen molar-refractivity contribution < 1.29 is 9.84 Å². The Balaban J connectivity index is 2.13. The average molecular weight is 299 g/mol. The van der Waals surface area contributed by atoms with Gasteiger partial charge in [0.15, 0.2) is 0 Å². The summed E-state index contributed by atoms with van der Waals surface area (Å²) in [4.78, 5) is 0.538. The maximum atomic E-state index is 11.5. The molecule has 3 nitrogen and oxygen atoms in total. The molecule has 1 atom stereocenters. The predicted molar refractivity (Wildman–Crippen MR) is 86.2 cm³/mol. The Morgan fingerprint density at radius 2 is 1.52 bits per heavy atom. The Labute approximate surface area is 129 Å². The predicted octanol–water partition coefficient (Wildman–Crippen LogP) is 2.24. The van der Waals surface area contributed by atoms with Gasteiger partial charge < -0.3 is 15.2 Å². The zero-order chi connectivity index (χ0) is 14.7. The molecule has 0 radical (unpaired) electrons. The van der Waals surface area contributed by atoms with Crippen LogP contribution in [-0.2, 0) is 10.3 Å². The van der Waals surface area contributed by atoms with Crippen molar-refractivity contribution in [2.24, 2.45) is 0 Å². The zero-order valence-corrected chi connectivity index (χ0v) is 12.3. The molecule has 0 bridgehead atoms. The first-order valence-corrected chi connectivity index (χ1v) is 7.36. The molecule has 1 aliphatic heterocycles. The van der Waals surface area contributed by atoms with Crippen LogP contribution in [0.1, 0.15) is 11.1 Å². The van der Waals surface area contributed by atoms with Gasteiger partial charge in [-0.25, -0.2) is 0 Å². The highest BCUT2D eigenvalue weighted by molar-refractivity contribution is 7.80. The van der Waals surface area contributed by atoms with Gasteiger partial charge in [0.25, 0.3) is 0 Å². The van der Waals surface area contributed by atoms with E-state index in [1.54, 1.807) is 0 Å². The lowest BCUT2D eigenvalue weighted by atomic mass is 9.81. The van der Waals surface area contributed by atoms with Crippen LogP contribution < -0.4 is 5.32 Å². The van der Waals surface area contributed by atoms with Gasteiger partial charge in [-0.2, -0.15) is 0 Å². The highest BCUT2D eigenvalue weighted by atomic mass is 32.1. The quantitative estimate of drug-likeness (QED) is 0.853. The summed E-state index contributed by atoms with van der Waals surface area (Å²) in [7, 11) is 0. The molecular weight excluding hydrogens is 282 g/mol. The van der Waals surface area contributed by atoms with E-state index in [2.05, 4.69) is 5.32 Å². The van der Waals surface area contributed by atoms with Crippen LogP contribution in [0, 0.1) is 0 Å². The van der Waals surface area contributed by atoms with E-state index in [4.69, 9.17) is 17.0 Å². The molecule has 0 aromatic heterocycles. The molecule has 2 N–H and O–H groups in total. The first kappa shape index (κ1) is 14.2. The molecule has 1 fully saturated rings. The Kier molecular flexibility index (Phi) is 4.01. The van der Waals surface area contributed by atoms with Crippen LogP contribution in [0.5, 0.6) is 0 Å². The van der Waals surface area contributed by atoms with Gasteiger partial charge in [0.05, 0.1) is 6.61 Å². The summed E-state index contributed by atoms with van der Waals surface area (Å²) in [6.07, 6.45) is -0.592. The monoisotopic (exact) mass is 299 g/mol. The summed E-state index contributed by atoms with van der Waals surface area (Å²) >= 11 is 5.38. The normalized spacial score (nSPS) is 19.1. The summed E-state index contributed by atoms with van der Waals surface area (Å²) in [5.41, 5.74) is 0.243. The number of hydrogen-bond donors (Lipinski definition) is 2. The molecule has 1 saturated heterocycles. The van der Waals surface area contributed by atoms with Crippen LogP contribution in [0.3, 0.4) is 0 Å². The molecule has 0 amide bonds. The van der Waals surface area contributed by atoms with Gasteiger partial charge in [-0.3, -0.25) is 0 Å². The second-order valence-corrected chi connectivity index (χ2v) is 5.48. The van der Waals surface area contributed by atoms with Gasteiger partial charge in [-0.1, -0.05) is 72.9 Å². The van der Waals surface area contributed by atoms with E-state index in [1.165, 1.54) is 0 Å². The number of aliphatic hydroxyl groups is 1. The number of hydrogen-bond acceptors (Lipinski definition) is 3. The Morgan fingerprint density at radius 3 is 2.00 bits per heavy atom. The van der Waals surface area contributed by atoms with Gasteiger partial charge in [0.2, 0.25) is 0 Å². The van der Waals surface area contributed by atoms with E-state index in [-0.39, 0.29) is 0 Å². The summed E-state index contributed by atoms with van der Waals surface area (Å²) < 4.78 is 5.81. The minimum absolute atomic E-state index is 0.521. The molecule has 0 saturated carbocycles. The minimum Gasteiger partial charge on any atom is -0.377 e. The van der Waals surface area contributed by atoms with Crippen LogP contribution in [0.2, 0.25) is 0 Å². The van der Waals surface area contributed by atoms with Crippen LogP contribution >= 0.6 is 12.2 Å². The van der Waals surface area contributed by atoms with Gasteiger partial charge in [0.1, 0.15) is 16.7 Å². The van der Waals surface area contributed by atoms with Crippen molar-refractivity contribution in [1.29, 1.82) is 0 Å². The van der Waals surface area contributed by atoms with Crippen LogP contribution in [0.4, 0.5) is 0 Å². The molecule has 108 valence electrons. The summed E-state index contributed by atoms with van der Waals surface area (Å²) in [6.45, 7) is 1.20. The number of thiocarbonyl (C=S) groups is 1. The van der Waals surface area contributed by atoms with Crippen molar-refractivity contribution in [2.75, 3.05) is 13.2 Å². The van der Waals surface area contributed by atoms with Crippen molar-refractivity contribution in [1.82, 2.24) is 5.32 Å². The number of rotatable bonds is 3.